The van der Waals surface area contributed by atoms with Crippen LogP contribution in [0.1, 0.15) is 12.1 Å². The van der Waals surface area contributed by atoms with Gasteiger partial charge in [-0.05, 0) is 18.6 Å². The van der Waals surface area contributed by atoms with Crippen LogP contribution in [0, 0.1) is 0 Å². The van der Waals surface area contributed by atoms with E-state index in [0.717, 1.165) is 12.1 Å². The van der Waals surface area contributed by atoms with E-state index in [2.05, 4.69) is 16.8 Å². The molecular formula is C9H12N2O2. The molecule has 0 saturated carbocycles. The first-order valence-electron chi connectivity index (χ1n) is 4.29. The monoisotopic (exact) mass is 180 g/mol. The van der Waals surface area contributed by atoms with E-state index in [4.69, 9.17) is 9.47 Å². The molecule has 0 amide bonds. The van der Waals surface area contributed by atoms with Crippen molar-refractivity contribution in [2.45, 2.75) is 12.2 Å². The van der Waals surface area contributed by atoms with E-state index < -0.39 is 5.79 Å². The van der Waals surface area contributed by atoms with Crippen LogP contribution in [0.25, 0.3) is 0 Å². The molecule has 1 aliphatic rings. The predicted molar refractivity (Wildman–Crippen MR) is 47.0 cm³/mol. The number of H-pyrrole nitrogens is 1. The third-order valence-corrected chi connectivity index (χ3v) is 2.05. The Labute approximate surface area is 76.5 Å². The molecule has 0 aromatic carbocycles. The van der Waals surface area contributed by atoms with Crippen LogP contribution in [-0.4, -0.2) is 23.4 Å². The molecule has 0 bridgehead atoms. The normalized spacial score (nSPS) is 21.2. The smallest absolute Gasteiger partial charge is 0.234 e. The lowest BCUT2D eigenvalue weighted by Gasteiger charge is -2.32. The molecular weight excluding hydrogens is 168 g/mol. The summed E-state index contributed by atoms with van der Waals surface area (Å²) in [5.41, 5.74) is 0.724. The van der Waals surface area contributed by atoms with Gasteiger partial charge in [-0.1, -0.05) is 6.58 Å². The molecule has 2 rings (SSSR count). The van der Waals surface area contributed by atoms with E-state index in [0.29, 0.717) is 13.2 Å². The second-order valence-corrected chi connectivity index (χ2v) is 2.88. The van der Waals surface area contributed by atoms with Gasteiger partial charge in [-0.3, -0.25) is 5.10 Å². The third kappa shape index (κ3) is 1.38. The fraction of sp³-hybridized carbons (Fsp3) is 0.444. The summed E-state index contributed by atoms with van der Waals surface area (Å²) < 4.78 is 11.1. The zero-order chi connectivity index (χ0) is 9.15. The molecule has 13 heavy (non-hydrogen) atoms. The highest BCUT2D eigenvalue weighted by Gasteiger charge is 2.35. The Morgan fingerprint density at radius 2 is 2.31 bits per heavy atom. The van der Waals surface area contributed by atoms with Gasteiger partial charge in [0.1, 0.15) is 5.69 Å². The summed E-state index contributed by atoms with van der Waals surface area (Å²) in [5, 5.41) is 6.77. The average Bonchev–Trinajstić information content (AvgIpc) is 2.72. The molecule has 0 aliphatic carbocycles. The predicted octanol–water partition coefficient (Wildman–Crippen LogP) is 1.19. The number of rotatable bonds is 2. The highest BCUT2D eigenvalue weighted by molar-refractivity contribution is 5.14. The molecule has 1 aromatic heterocycles. The van der Waals surface area contributed by atoms with Crippen molar-refractivity contribution in [3.63, 3.8) is 0 Å². The molecule has 4 nitrogen and oxygen atoms in total. The summed E-state index contributed by atoms with van der Waals surface area (Å²) in [6.07, 6.45) is 4.30. The summed E-state index contributed by atoms with van der Waals surface area (Å²) in [6.45, 7) is 5.07. The number of aromatic nitrogens is 2. The minimum atomic E-state index is -0.835. The first-order chi connectivity index (χ1) is 6.37. The van der Waals surface area contributed by atoms with Gasteiger partial charge in [-0.2, -0.15) is 5.10 Å². The lowest BCUT2D eigenvalue weighted by atomic mass is 10.1. The summed E-state index contributed by atoms with van der Waals surface area (Å²) in [6, 6.07) is 1.83. The zero-order valence-electron chi connectivity index (χ0n) is 7.32. The standard InChI is InChI=1S/C9H12N2O2/c1-2-9(8-4-5-10-11-8)12-6-3-7-13-9/h2,4-5H,1,3,6-7H2,(H,10,11). The molecule has 0 spiro atoms. The zero-order valence-corrected chi connectivity index (χ0v) is 7.32. The van der Waals surface area contributed by atoms with E-state index in [1.54, 1.807) is 12.3 Å². The second kappa shape index (κ2) is 3.32. The molecule has 70 valence electrons. The van der Waals surface area contributed by atoms with Gasteiger partial charge < -0.3 is 9.47 Å². The van der Waals surface area contributed by atoms with Gasteiger partial charge in [-0.25, -0.2) is 0 Å². The number of ether oxygens (including phenoxy) is 2. The van der Waals surface area contributed by atoms with Crippen molar-refractivity contribution in [1.82, 2.24) is 10.2 Å². The topological polar surface area (TPSA) is 47.1 Å². The van der Waals surface area contributed by atoms with E-state index in [1.165, 1.54) is 0 Å². The first-order valence-corrected chi connectivity index (χ1v) is 4.29. The Bertz CT molecular complexity index is 276. The van der Waals surface area contributed by atoms with Gasteiger partial charge in [-0.15, -0.1) is 0 Å². The highest BCUT2D eigenvalue weighted by atomic mass is 16.7. The van der Waals surface area contributed by atoms with E-state index in [-0.39, 0.29) is 0 Å². The number of nitrogens with one attached hydrogen (secondary N) is 1. The first kappa shape index (κ1) is 8.47. The van der Waals surface area contributed by atoms with Gasteiger partial charge in [0.05, 0.1) is 13.2 Å². The van der Waals surface area contributed by atoms with E-state index in [9.17, 15) is 0 Å². The molecule has 1 N–H and O–H groups in total. The SMILES string of the molecule is C=CC1(c2cc[nH]n2)OCCCO1. The maximum atomic E-state index is 5.54. The lowest BCUT2D eigenvalue weighted by Crippen LogP contribution is -2.36. The fourth-order valence-electron chi connectivity index (χ4n) is 1.37. The van der Waals surface area contributed by atoms with Crippen molar-refractivity contribution in [2.24, 2.45) is 0 Å². The second-order valence-electron chi connectivity index (χ2n) is 2.88. The molecule has 0 unspecified atom stereocenters. The molecule has 1 fully saturated rings. The average molecular weight is 180 g/mol. The maximum absolute atomic E-state index is 5.54. The van der Waals surface area contributed by atoms with Crippen molar-refractivity contribution in [3.8, 4) is 0 Å². The number of hydrogen-bond acceptors (Lipinski definition) is 3. The fourth-order valence-corrected chi connectivity index (χ4v) is 1.37. The van der Waals surface area contributed by atoms with Gasteiger partial charge in [0.25, 0.3) is 0 Å². The third-order valence-electron chi connectivity index (χ3n) is 2.05. The van der Waals surface area contributed by atoms with Crippen molar-refractivity contribution < 1.29 is 9.47 Å². The molecule has 2 heterocycles. The maximum Gasteiger partial charge on any atom is 0.234 e. The molecule has 1 saturated heterocycles. The summed E-state index contributed by atoms with van der Waals surface area (Å²) >= 11 is 0. The van der Waals surface area contributed by atoms with Gasteiger partial charge >= 0.3 is 0 Å². The Morgan fingerprint density at radius 1 is 1.54 bits per heavy atom. The largest absolute Gasteiger partial charge is 0.341 e. The summed E-state index contributed by atoms with van der Waals surface area (Å²) in [4.78, 5) is 0. The molecule has 4 heteroatoms. The van der Waals surface area contributed by atoms with Crippen molar-refractivity contribution >= 4 is 0 Å². The Morgan fingerprint density at radius 3 is 2.85 bits per heavy atom. The van der Waals surface area contributed by atoms with Crippen molar-refractivity contribution in [2.75, 3.05) is 13.2 Å². The van der Waals surface area contributed by atoms with Crippen LogP contribution in [0.4, 0.5) is 0 Å². The quantitative estimate of drug-likeness (QED) is 0.695. The Hall–Kier alpha value is -1.13. The van der Waals surface area contributed by atoms with Crippen LogP contribution in [0.5, 0.6) is 0 Å². The minimum absolute atomic E-state index is 0.679. The highest BCUT2D eigenvalue weighted by Crippen LogP contribution is 2.29. The minimum Gasteiger partial charge on any atom is -0.341 e. The van der Waals surface area contributed by atoms with Gasteiger partial charge in [0.15, 0.2) is 0 Å². The van der Waals surface area contributed by atoms with E-state index in [1.807, 2.05) is 6.07 Å². The molecule has 0 atom stereocenters. The van der Waals surface area contributed by atoms with E-state index >= 15 is 0 Å². The van der Waals surface area contributed by atoms with Gasteiger partial charge in [0.2, 0.25) is 5.79 Å². The van der Waals surface area contributed by atoms with Crippen molar-refractivity contribution in [3.05, 3.63) is 30.6 Å². The lowest BCUT2D eigenvalue weighted by molar-refractivity contribution is -0.246. The van der Waals surface area contributed by atoms with Crippen LogP contribution in [0.2, 0.25) is 0 Å². The van der Waals surface area contributed by atoms with Crippen LogP contribution in [0.15, 0.2) is 24.9 Å². The van der Waals surface area contributed by atoms with Crippen molar-refractivity contribution in [1.29, 1.82) is 0 Å². The van der Waals surface area contributed by atoms with Crippen LogP contribution in [-0.2, 0) is 15.3 Å². The molecule has 0 radical (unpaired) electrons. The summed E-state index contributed by atoms with van der Waals surface area (Å²) in [7, 11) is 0. The summed E-state index contributed by atoms with van der Waals surface area (Å²) in [5.74, 6) is -0.835. The van der Waals surface area contributed by atoms with Crippen LogP contribution >= 0.6 is 0 Å². The number of aromatic amines is 1. The number of hydrogen-bond donors (Lipinski definition) is 1. The Balaban J connectivity index is 2.28. The van der Waals surface area contributed by atoms with Crippen LogP contribution in [0.3, 0.4) is 0 Å². The molecule has 1 aliphatic heterocycles. The Kier molecular flexibility index (Phi) is 2.16. The van der Waals surface area contributed by atoms with Gasteiger partial charge in [0, 0.05) is 6.20 Å². The number of nitrogens with zero attached hydrogens (tertiary/aromatic N) is 1. The van der Waals surface area contributed by atoms with Crippen LogP contribution < -0.4 is 0 Å². The molecule has 1 aromatic rings.